The number of non-ortho nitro benzene ring substituents is 2. The van der Waals surface area contributed by atoms with Gasteiger partial charge in [-0.15, -0.1) is 6.42 Å². The molecule has 0 amide bonds. The van der Waals surface area contributed by atoms with Gasteiger partial charge in [-0.25, -0.2) is 4.79 Å². The molecule has 1 fully saturated rings. The number of terminal acetylenes is 1. The van der Waals surface area contributed by atoms with Crippen LogP contribution in [0.2, 0.25) is 0 Å². The Morgan fingerprint density at radius 3 is 2.27 bits per heavy atom. The highest BCUT2D eigenvalue weighted by Crippen LogP contribution is 2.29. The summed E-state index contributed by atoms with van der Waals surface area (Å²) < 4.78 is 5.24. The number of carbonyl (C=O) groups is 1. The van der Waals surface area contributed by atoms with Crippen LogP contribution in [0.15, 0.2) is 18.2 Å². The van der Waals surface area contributed by atoms with Crippen LogP contribution in [0.5, 0.6) is 0 Å². The highest BCUT2D eigenvalue weighted by Gasteiger charge is 2.30. The third kappa shape index (κ3) is 3.20. The number of ether oxygens (including phenoxy) is 1. The lowest BCUT2D eigenvalue weighted by molar-refractivity contribution is -0.394. The molecule has 0 aliphatic heterocycles. The predicted molar refractivity (Wildman–Crippen MR) is 75.1 cm³/mol. The van der Waals surface area contributed by atoms with Gasteiger partial charge < -0.3 is 4.74 Å². The number of rotatable bonds is 4. The monoisotopic (exact) mass is 304 g/mol. The van der Waals surface area contributed by atoms with Crippen molar-refractivity contribution >= 4 is 17.3 Å². The van der Waals surface area contributed by atoms with E-state index in [1.807, 2.05) is 0 Å². The maximum atomic E-state index is 12.1. The third-order valence-corrected chi connectivity index (χ3v) is 3.48. The van der Waals surface area contributed by atoms with Gasteiger partial charge in [0.25, 0.3) is 11.4 Å². The summed E-state index contributed by atoms with van der Waals surface area (Å²) in [5.74, 6) is 1.49. The molecule has 0 saturated heterocycles. The Bertz CT molecular complexity index is 646. The molecule has 0 unspecified atom stereocenters. The normalized spacial score (nSPS) is 20.1. The minimum atomic E-state index is -0.848. The van der Waals surface area contributed by atoms with Gasteiger partial charge in [-0.1, -0.05) is 5.92 Å². The summed E-state index contributed by atoms with van der Waals surface area (Å²) in [6, 6.07) is 2.70. The van der Waals surface area contributed by atoms with Crippen molar-refractivity contribution in [3.05, 3.63) is 44.0 Å². The Morgan fingerprint density at radius 1 is 1.18 bits per heavy atom. The fraction of sp³-hybridized carbons (Fsp3) is 0.357. The van der Waals surface area contributed by atoms with Crippen molar-refractivity contribution in [3.8, 4) is 12.3 Å². The van der Waals surface area contributed by atoms with E-state index in [0.717, 1.165) is 31.0 Å². The Balaban J connectivity index is 2.27. The SMILES string of the molecule is C#C[C@@H]1CCC[C@@H]1OC(=O)c1cc([N+](=O)[O-])cc([N+](=O)[O-])c1. The fourth-order valence-electron chi connectivity index (χ4n) is 2.39. The van der Waals surface area contributed by atoms with Crippen LogP contribution in [0.25, 0.3) is 0 Å². The number of esters is 1. The summed E-state index contributed by atoms with van der Waals surface area (Å²) in [5.41, 5.74) is -1.31. The molecular formula is C14H12N2O6. The number of hydrogen-bond donors (Lipinski definition) is 0. The topological polar surface area (TPSA) is 113 Å². The Kier molecular flexibility index (Phi) is 4.36. The molecule has 2 rings (SSSR count). The molecule has 0 radical (unpaired) electrons. The maximum absolute atomic E-state index is 12.1. The number of hydrogen-bond acceptors (Lipinski definition) is 6. The highest BCUT2D eigenvalue weighted by atomic mass is 16.6. The standard InChI is InChI=1S/C14H12N2O6/c1-2-9-4-3-5-13(9)22-14(17)10-6-11(15(18)19)8-12(7-10)16(20)21/h1,6-9,13H,3-5H2/t9-,13+/m1/s1. The molecule has 0 bridgehead atoms. The van der Waals surface area contributed by atoms with Gasteiger partial charge in [0.1, 0.15) is 6.10 Å². The fourth-order valence-corrected chi connectivity index (χ4v) is 2.39. The molecule has 1 aliphatic rings. The molecule has 1 aromatic carbocycles. The summed E-state index contributed by atoms with van der Waals surface area (Å²) in [6.07, 6.45) is 7.05. The van der Waals surface area contributed by atoms with Crippen LogP contribution in [0.1, 0.15) is 29.6 Å². The summed E-state index contributed by atoms with van der Waals surface area (Å²) in [4.78, 5) is 32.1. The second-order valence-corrected chi connectivity index (χ2v) is 4.90. The molecular weight excluding hydrogens is 292 g/mol. The molecule has 8 nitrogen and oxygen atoms in total. The van der Waals surface area contributed by atoms with Gasteiger partial charge in [0.15, 0.2) is 0 Å². The molecule has 1 saturated carbocycles. The summed E-state index contributed by atoms with van der Waals surface area (Å²) >= 11 is 0. The molecule has 0 heterocycles. The lowest BCUT2D eigenvalue weighted by atomic mass is 10.1. The molecule has 1 aromatic rings. The van der Waals surface area contributed by atoms with Crippen molar-refractivity contribution in [2.75, 3.05) is 0 Å². The molecule has 0 N–H and O–H groups in total. The van der Waals surface area contributed by atoms with Gasteiger partial charge in [-0.3, -0.25) is 20.2 Å². The van der Waals surface area contributed by atoms with Crippen LogP contribution >= 0.6 is 0 Å². The minimum absolute atomic E-state index is 0.197. The molecule has 1 aliphatic carbocycles. The van der Waals surface area contributed by atoms with Crippen LogP contribution in [0.3, 0.4) is 0 Å². The van der Waals surface area contributed by atoms with Gasteiger partial charge in [0, 0.05) is 12.1 Å². The zero-order valence-electron chi connectivity index (χ0n) is 11.4. The van der Waals surface area contributed by atoms with E-state index < -0.39 is 33.3 Å². The molecule has 0 spiro atoms. The summed E-state index contributed by atoms with van der Waals surface area (Å²) in [5, 5.41) is 21.6. The Hall–Kier alpha value is -2.95. The van der Waals surface area contributed by atoms with E-state index in [1.54, 1.807) is 0 Å². The Morgan fingerprint density at radius 2 is 1.77 bits per heavy atom. The second kappa shape index (κ2) is 6.22. The van der Waals surface area contributed by atoms with Crippen LogP contribution < -0.4 is 0 Å². The zero-order chi connectivity index (χ0) is 16.3. The van der Waals surface area contributed by atoms with E-state index in [1.165, 1.54) is 0 Å². The smallest absolute Gasteiger partial charge is 0.338 e. The first kappa shape index (κ1) is 15.4. The second-order valence-electron chi connectivity index (χ2n) is 4.90. The van der Waals surface area contributed by atoms with E-state index in [4.69, 9.17) is 11.2 Å². The van der Waals surface area contributed by atoms with Crippen LogP contribution in [-0.4, -0.2) is 21.9 Å². The first-order chi connectivity index (χ1) is 10.4. The van der Waals surface area contributed by atoms with Gasteiger partial charge in [-0.2, -0.15) is 0 Å². The van der Waals surface area contributed by atoms with E-state index in [-0.39, 0.29) is 11.5 Å². The van der Waals surface area contributed by atoms with Crippen molar-refractivity contribution in [2.24, 2.45) is 5.92 Å². The first-order valence-corrected chi connectivity index (χ1v) is 6.53. The Labute approximate surface area is 125 Å². The maximum Gasteiger partial charge on any atom is 0.338 e. The van der Waals surface area contributed by atoms with Crippen molar-refractivity contribution in [1.82, 2.24) is 0 Å². The van der Waals surface area contributed by atoms with E-state index in [0.29, 0.717) is 6.42 Å². The number of benzene rings is 1. The molecule has 8 heteroatoms. The van der Waals surface area contributed by atoms with Gasteiger partial charge in [-0.05, 0) is 19.3 Å². The van der Waals surface area contributed by atoms with Gasteiger partial charge in [0.2, 0.25) is 0 Å². The van der Waals surface area contributed by atoms with Crippen molar-refractivity contribution < 1.29 is 19.4 Å². The average Bonchev–Trinajstić information content (AvgIpc) is 2.93. The molecule has 114 valence electrons. The molecule has 0 aromatic heterocycles. The number of nitrogens with zero attached hydrogens (tertiary/aromatic N) is 2. The average molecular weight is 304 g/mol. The van der Waals surface area contributed by atoms with E-state index >= 15 is 0 Å². The van der Waals surface area contributed by atoms with Gasteiger partial charge in [0.05, 0.1) is 27.4 Å². The van der Waals surface area contributed by atoms with Crippen LogP contribution in [0, 0.1) is 38.5 Å². The van der Waals surface area contributed by atoms with Crippen LogP contribution in [0.4, 0.5) is 11.4 Å². The third-order valence-electron chi connectivity index (χ3n) is 3.48. The predicted octanol–water partition coefficient (Wildman–Crippen LogP) is 2.46. The first-order valence-electron chi connectivity index (χ1n) is 6.53. The quantitative estimate of drug-likeness (QED) is 0.365. The van der Waals surface area contributed by atoms with Crippen molar-refractivity contribution in [3.63, 3.8) is 0 Å². The lowest BCUT2D eigenvalue weighted by Crippen LogP contribution is -2.21. The van der Waals surface area contributed by atoms with E-state index in [2.05, 4.69) is 5.92 Å². The number of carbonyl (C=O) groups excluding carboxylic acids is 1. The minimum Gasteiger partial charge on any atom is -0.457 e. The van der Waals surface area contributed by atoms with E-state index in [9.17, 15) is 25.0 Å². The van der Waals surface area contributed by atoms with Crippen molar-refractivity contribution in [1.29, 1.82) is 0 Å². The van der Waals surface area contributed by atoms with Crippen LogP contribution in [-0.2, 0) is 4.74 Å². The van der Waals surface area contributed by atoms with Crippen molar-refractivity contribution in [2.45, 2.75) is 25.4 Å². The number of nitro groups is 2. The lowest BCUT2D eigenvalue weighted by Gasteiger charge is -2.15. The number of nitro benzene ring substituents is 2. The largest absolute Gasteiger partial charge is 0.457 e. The zero-order valence-corrected chi connectivity index (χ0v) is 11.4. The highest BCUT2D eigenvalue weighted by molar-refractivity contribution is 5.91. The summed E-state index contributed by atoms with van der Waals surface area (Å²) in [6.45, 7) is 0. The molecule has 2 atom stereocenters. The van der Waals surface area contributed by atoms with Gasteiger partial charge >= 0.3 is 5.97 Å². The molecule has 22 heavy (non-hydrogen) atoms. The summed E-state index contributed by atoms with van der Waals surface area (Å²) in [7, 11) is 0.